The Morgan fingerprint density at radius 1 is 1.17 bits per heavy atom. The van der Waals surface area contributed by atoms with Crippen LogP contribution < -0.4 is 5.32 Å². The highest BCUT2D eigenvalue weighted by molar-refractivity contribution is 5.95. The van der Waals surface area contributed by atoms with Crippen molar-refractivity contribution in [1.29, 1.82) is 0 Å². The fourth-order valence-corrected chi connectivity index (χ4v) is 4.50. The van der Waals surface area contributed by atoms with Gasteiger partial charge in [0.1, 0.15) is 0 Å². The molecule has 2 bridgehead atoms. The first kappa shape index (κ1) is 17.0. The summed E-state index contributed by atoms with van der Waals surface area (Å²) in [7, 11) is 1.74. The fourth-order valence-electron chi connectivity index (χ4n) is 4.50. The minimum atomic E-state index is -0.129. The van der Waals surface area contributed by atoms with Crippen molar-refractivity contribution < 1.29 is 9.59 Å². The molecule has 0 saturated heterocycles. The third kappa shape index (κ3) is 3.63. The second-order valence-corrected chi connectivity index (χ2v) is 7.70. The molecule has 1 aromatic rings. The molecular formula is C20H28N2O2. The average molecular weight is 328 g/mol. The van der Waals surface area contributed by atoms with Crippen LogP contribution in [0, 0.1) is 31.6 Å². The number of likely N-dealkylation sites (N-methyl/N-ethyl adjacent to an activating group) is 1. The van der Waals surface area contributed by atoms with Crippen LogP contribution in [0.5, 0.6) is 0 Å². The van der Waals surface area contributed by atoms with Crippen molar-refractivity contribution in [3.63, 3.8) is 0 Å². The molecule has 4 nitrogen and oxygen atoms in total. The van der Waals surface area contributed by atoms with E-state index >= 15 is 0 Å². The molecule has 1 N–H and O–H groups in total. The summed E-state index contributed by atoms with van der Waals surface area (Å²) in [5.74, 6) is 2.11. The van der Waals surface area contributed by atoms with Crippen molar-refractivity contribution in [2.45, 2.75) is 46.0 Å². The zero-order valence-electron chi connectivity index (χ0n) is 15.0. The van der Waals surface area contributed by atoms with Crippen molar-refractivity contribution in [3.05, 3.63) is 29.3 Å². The van der Waals surface area contributed by atoms with Gasteiger partial charge in [-0.1, -0.05) is 24.6 Å². The Bertz CT molecular complexity index is 620. The Morgan fingerprint density at radius 2 is 1.88 bits per heavy atom. The normalized spacial score (nSPS) is 24.9. The number of nitrogens with one attached hydrogen (secondary N) is 1. The van der Waals surface area contributed by atoms with E-state index in [9.17, 15) is 9.59 Å². The smallest absolute Gasteiger partial charge is 0.243 e. The Morgan fingerprint density at radius 3 is 2.46 bits per heavy atom. The second kappa shape index (κ2) is 6.96. The molecule has 0 radical (unpaired) electrons. The first-order valence-corrected chi connectivity index (χ1v) is 9.04. The first-order valence-electron chi connectivity index (χ1n) is 9.04. The van der Waals surface area contributed by atoms with E-state index in [1.54, 1.807) is 11.9 Å². The average Bonchev–Trinajstić information content (AvgIpc) is 3.13. The summed E-state index contributed by atoms with van der Waals surface area (Å²) >= 11 is 0. The molecule has 0 aliphatic heterocycles. The van der Waals surface area contributed by atoms with Crippen molar-refractivity contribution in [3.8, 4) is 0 Å². The summed E-state index contributed by atoms with van der Waals surface area (Å²) in [4.78, 5) is 26.3. The molecule has 130 valence electrons. The van der Waals surface area contributed by atoms with Gasteiger partial charge in [0.15, 0.2) is 0 Å². The highest BCUT2D eigenvalue weighted by Gasteiger charge is 2.40. The minimum Gasteiger partial charge on any atom is -0.336 e. The summed E-state index contributed by atoms with van der Waals surface area (Å²) < 4.78 is 0. The van der Waals surface area contributed by atoms with E-state index in [2.05, 4.69) is 5.32 Å². The van der Waals surface area contributed by atoms with Crippen LogP contribution in [0.1, 0.15) is 43.2 Å². The van der Waals surface area contributed by atoms with Crippen LogP contribution in [0.4, 0.5) is 5.69 Å². The van der Waals surface area contributed by atoms with Crippen LogP contribution in [0.2, 0.25) is 0 Å². The van der Waals surface area contributed by atoms with Crippen LogP contribution in [0.25, 0.3) is 0 Å². The van der Waals surface area contributed by atoms with Gasteiger partial charge in [0.2, 0.25) is 11.8 Å². The van der Waals surface area contributed by atoms with E-state index < -0.39 is 0 Å². The molecule has 0 aromatic heterocycles. The number of aryl methyl sites for hydroxylation is 2. The van der Waals surface area contributed by atoms with Crippen molar-refractivity contribution >= 4 is 17.5 Å². The predicted octanol–water partition coefficient (Wildman–Crippen LogP) is 3.53. The van der Waals surface area contributed by atoms with Crippen molar-refractivity contribution in [2.24, 2.45) is 17.8 Å². The van der Waals surface area contributed by atoms with E-state index in [1.165, 1.54) is 25.7 Å². The van der Waals surface area contributed by atoms with Crippen molar-refractivity contribution in [1.82, 2.24) is 4.90 Å². The number of anilines is 1. The summed E-state index contributed by atoms with van der Waals surface area (Å²) in [5.41, 5.74) is 2.94. The first-order chi connectivity index (χ1) is 11.4. The number of carbonyl (C=O) groups excluding carboxylic acids is 2. The quantitative estimate of drug-likeness (QED) is 0.899. The minimum absolute atomic E-state index is 0.101. The molecule has 3 rings (SSSR count). The highest BCUT2D eigenvalue weighted by atomic mass is 16.2. The largest absolute Gasteiger partial charge is 0.336 e. The summed E-state index contributed by atoms with van der Waals surface area (Å²) in [6.07, 6.45) is 5.77. The van der Waals surface area contributed by atoms with E-state index in [0.717, 1.165) is 28.7 Å². The van der Waals surface area contributed by atoms with Gasteiger partial charge in [-0.2, -0.15) is 0 Å². The van der Waals surface area contributed by atoms with Crippen LogP contribution >= 0.6 is 0 Å². The second-order valence-electron chi connectivity index (χ2n) is 7.70. The number of nitrogens with zero attached hydrogens (tertiary/aromatic N) is 1. The number of amides is 2. The number of benzene rings is 1. The van der Waals surface area contributed by atoms with E-state index in [-0.39, 0.29) is 18.4 Å². The fraction of sp³-hybridized carbons (Fsp3) is 0.600. The lowest BCUT2D eigenvalue weighted by Gasteiger charge is -2.24. The molecule has 2 amide bonds. The third-order valence-corrected chi connectivity index (χ3v) is 5.87. The molecule has 0 unspecified atom stereocenters. The molecular weight excluding hydrogens is 300 g/mol. The van der Waals surface area contributed by atoms with E-state index in [4.69, 9.17) is 0 Å². The Kier molecular flexibility index (Phi) is 4.93. The predicted molar refractivity (Wildman–Crippen MR) is 95.7 cm³/mol. The van der Waals surface area contributed by atoms with Crippen LogP contribution in [-0.4, -0.2) is 30.3 Å². The molecule has 3 atom stereocenters. The standard InChI is InChI=1S/C20H28N2O2/c1-13-5-4-6-14(2)20(13)21-18(23)12-22(3)19(24)11-17-10-15-7-8-16(17)9-15/h4-6,15-17H,7-12H2,1-3H3,(H,21,23)/t15-,16+,17-/m1/s1. The number of fused-ring (bicyclic) bond motifs is 2. The maximum absolute atomic E-state index is 12.4. The Balaban J connectivity index is 1.51. The monoisotopic (exact) mass is 328 g/mol. The van der Waals surface area contributed by atoms with Gasteiger partial charge in [0.25, 0.3) is 0 Å². The van der Waals surface area contributed by atoms with Crippen LogP contribution in [0.15, 0.2) is 18.2 Å². The molecule has 2 saturated carbocycles. The number of hydrogen-bond acceptors (Lipinski definition) is 2. The molecule has 2 aliphatic rings. The van der Waals surface area contributed by atoms with Crippen LogP contribution in [-0.2, 0) is 9.59 Å². The summed E-state index contributed by atoms with van der Waals surface area (Å²) in [6, 6.07) is 5.94. The number of rotatable bonds is 5. The zero-order chi connectivity index (χ0) is 17.3. The molecule has 4 heteroatoms. The van der Waals surface area contributed by atoms with Gasteiger partial charge in [-0.15, -0.1) is 0 Å². The van der Waals surface area contributed by atoms with E-state index in [0.29, 0.717) is 12.3 Å². The Hall–Kier alpha value is -1.84. The van der Waals surface area contributed by atoms with Gasteiger partial charge >= 0.3 is 0 Å². The van der Waals surface area contributed by atoms with Gasteiger partial charge in [-0.3, -0.25) is 9.59 Å². The van der Waals surface area contributed by atoms with Gasteiger partial charge < -0.3 is 10.2 Å². The molecule has 1 aromatic carbocycles. The Labute approximate surface area is 144 Å². The number of hydrogen-bond donors (Lipinski definition) is 1. The number of carbonyl (C=O) groups is 2. The maximum Gasteiger partial charge on any atom is 0.243 e. The maximum atomic E-state index is 12.4. The lowest BCUT2D eigenvalue weighted by atomic mass is 9.86. The molecule has 2 aliphatic carbocycles. The van der Waals surface area contributed by atoms with Gasteiger partial charge in [0, 0.05) is 19.2 Å². The lowest BCUT2D eigenvalue weighted by Crippen LogP contribution is -2.36. The highest BCUT2D eigenvalue weighted by Crippen LogP contribution is 2.49. The third-order valence-electron chi connectivity index (χ3n) is 5.87. The van der Waals surface area contributed by atoms with Gasteiger partial charge in [-0.25, -0.2) is 0 Å². The SMILES string of the molecule is Cc1cccc(C)c1NC(=O)CN(C)C(=O)C[C@H]1C[C@@H]2CC[C@H]1C2. The molecule has 0 spiro atoms. The number of para-hydroxylation sites is 1. The topological polar surface area (TPSA) is 49.4 Å². The molecule has 0 heterocycles. The van der Waals surface area contributed by atoms with Gasteiger partial charge in [-0.05, 0) is 62.0 Å². The summed E-state index contributed by atoms with van der Waals surface area (Å²) in [5, 5.41) is 2.95. The van der Waals surface area contributed by atoms with Crippen molar-refractivity contribution in [2.75, 3.05) is 18.9 Å². The summed E-state index contributed by atoms with van der Waals surface area (Å²) in [6.45, 7) is 4.08. The van der Waals surface area contributed by atoms with Crippen LogP contribution in [0.3, 0.4) is 0 Å². The molecule has 2 fully saturated rings. The molecule has 24 heavy (non-hydrogen) atoms. The van der Waals surface area contributed by atoms with E-state index in [1.807, 2.05) is 32.0 Å². The zero-order valence-corrected chi connectivity index (χ0v) is 15.0. The lowest BCUT2D eigenvalue weighted by molar-refractivity contribution is -0.134. The van der Waals surface area contributed by atoms with Gasteiger partial charge in [0.05, 0.1) is 6.54 Å².